The van der Waals surface area contributed by atoms with Gasteiger partial charge in [-0.15, -0.1) is 0 Å². The summed E-state index contributed by atoms with van der Waals surface area (Å²) in [4.78, 5) is 38.3. The molecule has 0 fully saturated rings. The van der Waals surface area contributed by atoms with Gasteiger partial charge in [0, 0.05) is 19.3 Å². The number of hydrogen-bond acceptors (Lipinski definition) is 6. The lowest BCUT2D eigenvalue weighted by atomic mass is 10.0. The lowest BCUT2D eigenvalue weighted by Gasteiger charge is -2.18. The molecule has 0 bridgehead atoms. The smallest absolute Gasteiger partial charge is 0.306 e. The largest absolute Gasteiger partial charge is 0.462 e. The van der Waals surface area contributed by atoms with Crippen LogP contribution in [0.4, 0.5) is 0 Å². The summed E-state index contributed by atoms with van der Waals surface area (Å²) in [6.07, 6.45) is 95.9. The van der Waals surface area contributed by atoms with E-state index in [0.29, 0.717) is 19.3 Å². The first kappa shape index (κ1) is 79.3. The molecule has 0 amide bonds. The molecule has 1 unspecified atom stereocenters. The van der Waals surface area contributed by atoms with Gasteiger partial charge in [0.25, 0.3) is 0 Å². The Labute approximate surface area is 515 Å². The van der Waals surface area contributed by atoms with Crippen molar-refractivity contribution < 1.29 is 28.6 Å². The Hall–Kier alpha value is -3.67. The maximum atomic E-state index is 12.9. The molecule has 6 heteroatoms. The van der Waals surface area contributed by atoms with Crippen molar-refractivity contribution in [3.05, 3.63) is 97.2 Å². The zero-order valence-electron chi connectivity index (χ0n) is 54.9. The summed E-state index contributed by atoms with van der Waals surface area (Å²) >= 11 is 0. The van der Waals surface area contributed by atoms with Crippen molar-refractivity contribution in [1.82, 2.24) is 0 Å². The number of hydrogen-bond donors (Lipinski definition) is 0. The minimum atomic E-state index is -0.778. The van der Waals surface area contributed by atoms with Gasteiger partial charge >= 0.3 is 17.9 Å². The summed E-state index contributed by atoms with van der Waals surface area (Å²) in [7, 11) is 0. The Morgan fingerprint density at radius 1 is 0.253 bits per heavy atom. The molecule has 0 aliphatic carbocycles. The third-order valence-electron chi connectivity index (χ3n) is 15.6. The van der Waals surface area contributed by atoms with Crippen LogP contribution >= 0.6 is 0 Å². The molecule has 0 saturated carbocycles. The summed E-state index contributed by atoms with van der Waals surface area (Å²) in [5.74, 6) is -0.870. The number of carbonyl (C=O) groups excluding carboxylic acids is 3. The van der Waals surface area contributed by atoms with Gasteiger partial charge in [0.1, 0.15) is 13.2 Å². The van der Waals surface area contributed by atoms with E-state index in [0.717, 1.165) is 116 Å². The topological polar surface area (TPSA) is 78.9 Å². The van der Waals surface area contributed by atoms with Crippen LogP contribution in [0.2, 0.25) is 0 Å². The molecule has 0 saturated heterocycles. The lowest BCUT2D eigenvalue weighted by Crippen LogP contribution is -2.30. The molecule has 1 atom stereocenters. The number of ether oxygens (including phenoxy) is 3. The normalized spacial score (nSPS) is 12.7. The van der Waals surface area contributed by atoms with Crippen LogP contribution in [0.1, 0.15) is 355 Å². The van der Waals surface area contributed by atoms with E-state index in [9.17, 15) is 14.4 Å². The molecule has 0 aromatic rings. The van der Waals surface area contributed by atoms with E-state index in [1.807, 2.05) is 0 Å². The highest BCUT2D eigenvalue weighted by Crippen LogP contribution is 2.18. The van der Waals surface area contributed by atoms with Crippen LogP contribution in [-0.4, -0.2) is 37.2 Å². The highest BCUT2D eigenvalue weighted by Gasteiger charge is 2.19. The van der Waals surface area contributed by atoms with Crippen molar-refractivity contribution in [1.29, 1.82) is 0 Å². The first-order chi connectivity index (χ1) is 41.0. The van der Waals surface area contributed by atoms with Crippen molar-refractivity contribution in [2.75, 3.05) is 13.2 Å². The number of unbranched alkanes of at least 4 members (excludes halogenated alkanes) is 38. The molecule has 0 rings (SSSR count). The maximum absolute atomic E-state index is 12.9. The molecule has 0 N–H and O–H groups in total. The molecule has 0 heterocycles. The van der Waals surface area contributed by atoms with E-state index in [1.54, 1.807) is 0 Å². The first-order valence-corrected chi connectivity index (χ1v) is 35.7. The predicted molar refractivity (Wildman–Crippen MR) is 362 cm³/mol. The van der Waals surface area contributed by atoms with Crippen LogP contribution < -0.4 is 0 Å². The number of esters is 3. The highest BCUT2D eigenvalue weighted by atomic mass is 16.6. The molecule has 0 radical (unpaired) electrons. The summed E-state index contributed by atoms with van der Waals surface area (Å²) in [6.45, 7) is 6.50. The monoisotopic (exact) mass is 1160 g/mol. The van der Waals surface area contributed by atoms with Gasteiger partial charge in [-0.1, -0.05) is 336 Å². The van der Waals surface area contributed by atoms with E-state index >= 15 is 0 Å². The van der Waals surface area contributed by atoms with Crippen LogP contribution in [0.3, 0.4) is 0 Å². The summed E-state index contributed by atoms with van der Waals surface area (Å²) in [5, 5.41) is 0. The van der Waals surface area contributed by atoms with E-state index in [4.69, 9.17) is 14.2 Å². The highest BCUT2D eigenvalue weighted by molar-refractivity contribution is 5.71. The Bertz CT molecular complexity index is 1610. The van der Waals surface area contributed by atoms with Crippen LogP contribution in [0, 0.1) is 0 Å². The Balaban J connectivity index is 4.13. The standard InChI is InChI=1S/C77H134O6/c1-4-7-10-13-16-19-22-24-26-28-30-32-33-34-35-36-37-38-39-40-41-42-43-44-45-46-48-49-51-53-55-58-61-64-67-70-76(79)82-73-74(72-81-75(78)69-66-63-60-57-21-18-15-12-9-6-3)83-77(80)71-68-65-62-59-56-54-52-50-47-31-29-27-25-23-20-17-14-11-8-5-2/h7,10,12,15-16,19,24,26,30,32,34-35,37-38,40-41,74H,4-6,8-9,11,13-14,17-18,20-23,25,27-29,31,33,36,39,42-73H2,1-3H3/b10-7-,15-12-,19-16-,26-24-,32-30-,35-34-,38-37-,41-40-. The van der Waals surface area contributed by atoms with Gasteiger partial charge in [-0.25, -0.2) is 0 Å². The van der Waals surface area contributed by atoms with Gasteiger partial charge < -0.3 is 14.2 Å². The molecular weight excluding hydrogens is 1020 g/mol. The molecular formula is C77H134O6. The fraction of sp³-hybridized carbons (Fsp3) is 0.753. The predicted octanol–water partition coefficient (Wildman–Crippen LogP) is 24.8. The maximum Gasteiger partial charge on any atom is 0.306 e. The molecule has 0 aromatic heterocycles. The van der Waals surface area contributed by atoms with Crippen LogP contribution in [0.5, 0.6) is 0 Å². The van der Waals surface area contributed by atoms with Crippen molar-refractivity contribution >= 4 is 17.9 Å². The van der Waals surface area contributed by atoms with E-state index in [-0.39, 0.29) is 31.1 Å². The first-order valence-electron chi connectivity index (χ1n) is 35.7. The Morgan fingerprint density at radius 2 is 0.494 bits per heavy atom. The number of allylic oxidation sites excluding steroid dienone is 16. The van der Waals surface area contributed by atoms with Gasteiger partial charge in [-0.05, 0) is 96.3 Å². The molecule has 83 heavy (non-hydrogen) atoms. The minimum absolute atomic E-state index is 0.0759. The third-order valence-corrected chi connectivity index (χ3v) is 15.6. The SMILES string of the molecule is CC/C=C\C/C=C\C/C=C\C/C=C\C/C=C\C/C=C\C/C=C\CCCCCCCCCCCCCCCC(=O)OCC(COC(=O)CCCCCCC/C=C\CCC)OC(=O)CCCCCCCCCCCCCCCCCCCCCC. The van der Waals surface area contributed by atoms with Crippen molar-refractivity contribution in [2.24, 2.45) is 0 Å². The quantitative estimate of drug-likeness (QED) is 0.0261. The zero-order chi connectivity index (χ0) is 59.9. The van der Waals surface area contributed by atoms with E-state index in [2.05, 4.69) is 118 Å². The summed E-state index contributed by atoms with van der Waals surface area (Å²) in [6, 6.07) is 0. The second kappa shape index (κ2) is 70.8. The summed E-state index contributed by atoms with van der Waals surface area (Å²) in [5.41, 5.74) is 0. The van der Waals surface area contributed by atoms with Crippen molar-refractivity contribution in [3.63, 3.8) is 0 Å². The molecule has 478 valence electrons. The fourth-order valence-corrected chi connectivity index (χ4v) is 10.3. The number of carbonyl (C=O) groups is 3. The molecule has 6 nitrogen and oxygen atoms in total. The van der Waals surface area contributed by atoms with E-state index in [1.165, 1.54) is 199 Å². The Kier molecular flexibility index (Phi) is 67.7. The lowest BCUT2D eigenvalue weighted by molar-refractivity contribution is -0.167. The average Bonchev–Trinajstić information content (AvgIpc) is 3.49. The minimum Gasteiger partial charge on any atom is -0.462 e. The van der Waals surface area contributed by atoms with Gasteiger partial charge in [-0.3, -0.25) is 14.4 Å². The third kappa shape index (κ3) is 69.0. The fourth-order valence-electron chi connectivity index (χ4n) is 10.3. The molecule has 0 spiro atoms. The van der Waals surface area contributed by atoms with Gasteiger partial charge in [0.2, 0.25) is 0 Å². The molecule has 0 aliphatic rings. The van der Waals surface area contributed by atoms with Crippen molar-refractivity contribution in [3.8, 4) is 0 Å². The molecule has 0 aliphatic heterocycles. The second-order valence-electron chi connectivity index (χ2n) is 23.8. The van der Waals surface area contributed by atoms with Crippen LogP contribution in [0.25, 0.3) is 0 Å². The van der Waals surface area contributed by atoms with Crippen LogP contribution in [-0.2, 0) is 28.6 Å². The zero-order valence-corrected chi connectivity index (χ0v) is 54.9. The van der Waals surface area contributed by atoms with Gasteiger partial charge in [0.15, 0.2) is 6.10 Å². The second-order valence-corrected chi connectivity index (χ2v) is 23.8. The van der Waals surface area contributed by atoms with E-state index < -0.39 is 6.10 Å². The van der Waals surface area contributed by atoms with Gasteiger partial charge in [-0.2, -0.15) is 0 Å². The summed E-state index contributed by atoms with van der Waals surface area (Å²) < 4.78 is 16.9. The number of rotatable bonds is 65. The van der Waals surface area contributed by atoms with Crippen LogP contribution in [0.15, 0.2) is 97.2 Å². The average molecular weight is 1160 g/mol. The molecule has 0 aromatic carbocycles. The van der Waals surface area contributed by atoms with Gasteiger partial charge in [0.05, 0.1) is 0 Å². The Morgan fingerprint density at radius 3 is 0.795 bits per heavy atom. The van der Waals surface area contributed by atoms with Crippen molar-refractivity contribution in [2.45, 2.75) is 361 Å².